The molecular formula is C26H32N2O5. The summed E-state index contributed by atoms with van der Waals surface area (Å²) in [6, 6.07) is 15.8. The fourth-order valence-corrected chi connectivity index (χ4v) is 4.93. The molecule has 7 nitrogen and oxygen atoms in total. The number of piperidine rings is 1. The highest BCUT2D eigenvalue weighted by Crippen LogP contribution is 2.38. The van der Waals surface area contributed by atoms with Crippen LogP contribution in [0.2, 0.25) is 0 Å². The molecule has 2 fully saturated rings. The van der Waals surface area contributed by atoms with Crippen molar-refractivity contribution in [3.63, 3.8) is 0 Å². The van der Waals surface area contributed by atoms with Crippen LogP contribution in [0.25, 0.3) is 0 Å². The molecule has 0 aliphatic carbocycles. The van der Waals surface area contributed by atoms with Gasteiger partial charge in [0.05, 0.1) is 38.1 Å². The molecule has 5 rings (SSSR count). The number of fused-ring (bicyclic) bond motifs is 1. The number of benzene rings is 2. The van der Waals surface area contributed by atoms with Crippen LogP contribution >= 0.6 is 0 Å². The van der Waals surface area contributed by atoms with Crippen LogP contribution in [-0.2, 0) is 20.9 Å². The highest BCUT2D eigenvalue weighted by atomic mass is 16.6. The molecule has 2 unspecified atom stereocenters. The van der Waals surface area contributed by atoms with Crippen LogP contribution in [0.3, 0.4) is 0 Å². The Labute approximate surface area is 195 Å². The van der Waals surface area contributed by atoms with Gasteiger partial charge in [0.1, 0.15) is 0 Å². The lowest BCUT2D eigenvalue weighted by Gasteiger charge is -2.44. The number of hydrogen-bond donors (Lipinski definition) is 1. The Hall–Kier alpha value is -2.61. The monoisotopic (exact) mass is 452 g/mol. The average Bonchev–Trinajstić information content (AvgIpc) is 3.18. The maximum absolute atomic E-state index is 12.8. The third-order valence-electron chi connectivity index (χ3n) is 6.69. The van der Waals surface area contributed by atoms with Crippen LogP contribution in [0, 0.1) is 0 Å². The van der Waals surface area contributed by atoms with Gasteiger partial charge < -0.3 is 24.3 Å². The van der Waals surface area contributed by atoms with E-state index in [1.54, 1.807) is 0 Å². The van der Waals surface area contributed by atoms with Crippen LogP contribution in [-0.4, -0.2) is 62.0 Å². The number of carbonyl (C=O) groups excluding carboxylic acids is 1. The number of likely N-dealkylation sites (tertiary alicyclic amines) is 1. The average molecular weight is 453 g/mol. The van der Waals surface area contributed by atoms with E-state index in [1.807, 2.05) is 36.4 Å². The summed E-state index contributed by atoms with van der Waals surface area (Å²) in [4.78, 5) is 15.0. The quantitative estimate of drug-likeness (QED) is 0.722. The first-order chi connectivity index (χ1) is 16.2. The zero-order valence-electron chi connectivity index (χ0n) is 19.0. The van der Waals surface area contributed by atoms with E-state index < -0.39 is 0 Å². The number of anilines is 1. The van der Waals surface area contributed by atoms with Crippen molar-refractivity contribution in [2.45, 2.75) is 44.0 Å². The van der Waals surface area contributed by atoms with E-state index >= 15 is 0 Å². The summed E-state index contributed by atoms with van der Waals surface area (Å²) in [5.74, 6) is 1.36. The first-order valence-corrected chi connectivity index (χ1v) is 11.9. The Bertz CT molecular complexity index is 945. The van der Waals surface area contributed by atoms with Gasteiger partial charge in [0.2, 0.25) is 5.91 Å². The second kappa shape index (κ2) is 10.1. The number of nitrogens with one attached hydrogen (secondary N) is 1. The molecule has 0 saturated carbocycles. The molecule has 1 amide bonds. The third kappa shape index (κ3) is 5.32. The van der Waals surface area contributed by atoms with Gasteiger partial charge in [0.15, 0.2) is 11.5 Å². The molecule has 1 spiro atoms. The summed E-state index contributed by atoms with van der Waals surface area (Å²) in [5, 5.41) is 3.01. The molecule has 3 heterocycles. The lowest BCUT2D eigenvalue weighted by atomic mass is 9.85. The zero-order valence-corrected chi connectivity index (χ0v) is 19.0. The number of rotatable bonds is 6. The minimum Gasteiger partial charge on any atom is -0.490 e. The summed E-state index contributed by atoms with van der Waals surface area (Å²) in [7, 11) is 0. The van der Waals surface area contributed by atoms with E-state index in [0.717, 1.165) is 50.1 Å². The van der Waals surface area contributed by atoms with Crippen molar-refractivity contribution in [2.75, 3.05) is 44.8 Å². The van der Waals surface area contributed by atoms with E-state index in [0.29, 0.717) is 44.3 Å². The Morgan fingerprint density at radius 2 is 1.88 bits per heavy atom. The van der Waals surface area contributed by atoms with Crippen LogP contribution in [0.4, 0.5) is 5.69 Å². The highest BCUT2D eigenvalue weighted by molar-refractivity contribution is 5.92. The molecule has 2 aromatic carbocycles. The third-order valence-corrected chi connectivity index (χ3v) is 6.69. The van der Waals surface area contributed by atoms with Crippen LogP contribution in [0.15, 0.2) is 48.5 Å². The van der Waals surface area contributed by atoms with Crippen molar-refractivity contribution in [3.05, 3.63) is 54.1 Å². The molecule has 3 aliphatic rings. The minimum atomic E-state index is -0.226. The van der Waals surface area contributed by atoms with Crippen molar-refractivity contribution in [3.8, 4) is 11.5 Å². The van der Waals surface area contributed by atoms with Crippen molar-refractivity contribution < 1.29 is 23.7 Å². The molecular weight excluding hydrogens is 420 g/mol. The molecule has 2 saturated heterocycles. The van der Waals surface area contributed by atoms with E-state index in [4.69, 9.17) is 18.9 Å². The zero-order chi connectivity index (χ0) is 22.5. The number of amides is 1. The molecule has 33 heavy (non-hydrogen) atoms. The molecule has 0 bridgehead atoms. The fraction of sp³-hybridized carbons (Fsp3) is 0.500. The lowest BCUT2D eigenvalue weighted by molar-refractivity contribution is -0.159. The number of carbonyl (C=O) groups is 1. The Morgan fingerprint density at radius 1 is 1.03 bits per heavy atom. The van der Waals surface area contributed by atoms with Crippen molar-refractivity contribution >= 4 is 11.6 Å². The smallest absolute Gasteiger partial charge is 0.238 e. The summed E-state index contributed by atoms with van der Waals surface area (Å²) in [5.41, 5.74) is 1.64. The van der Waals surface area contributed by atoms with Crippen LogP contribution in [0.5, 0.6) is 11.5 Å². The van der Waals surface area contributed by atoms with Gasteiger partial charge in [0, 0.05) is 37.9 Å². The standard InChI is InChI=1S/C26H32N2O5/c29-25(27-21-8-9-22-23(16-21)31-14-5-13-30-22)18-28-12-11-26(10-4-15-33-26)24(17-28)32-19-20-6-2-1-3-7-20/h1-3,6-9,16,24H,4-5,10-15,17-19H2,(H,27,29). The maximum atomic E-state index is 12.8. The van der Waals surface area contributed by atoms with Crippen molar-refractivity contribution in [1.29, 1.82) is 0 Å². The Kier molecular flexibility index (Phi) is 6.80. The van der Waals surface area contributed by atoms with Gasteiger partial charge in [-0.2, -0.15) is 0 Å². The SMILES string of the molecule is O=C(CN1CCC2(CCCO2)C(OCc2ccccc2)C1)Nc1ccc2c(c1)OCCCO2. The minimum absolute atomic E-state index is 0.0467. The van der Waals surface area contributed by atoms with Crippen molar-refractivity contribution in [1.82, 2.24) is 4.90 Å². The van der Waals surface area contributed by atoms with Gasteiger partial charge in [-0.3, -0.25) is 9.69 Å². The van der Waals surface area contributed by atoms with E-state index in [2.05, 4.69) is 22.3 Å². The van der Waals surface area contributed by atoms with Gasteiger partial charge in [-0.1, -0.05) is 30.3 Å². The topological polar surface area (TPSA) is 69.3 Å². The number of ether oxygens (including phenoxy) is 4. The molecule has 176 valence electrons. The van der Waals surface area contributed by atoms with E-state index in [-0.39, 0.29) is 17.6 Å². The second-order valence-corrected chi connectivity index (χ2v) is 9.05. The molecule has 2 aromatic rings. The van der Waals surface area contributed by atoms with Gasteiger partial charge in [0.25, 0.3) is 0 Å². The van der Waals surface area contributed by atoms with Crippen LogP contribution in [0.1, 0.15) is 31.2 Å². The van der Waals surface area contributed by atoms with Gasteiger partial charge in [-0.25, -0.2) is 0 Å². The molecule has 0 aromatic heterocycles. The normalized spacial score (nSPS) is 25.0. The predicted octanol–water partition coefficient (Wildman–Crippen LogP) is 3.63. The number of hydrogen-bond acceptors (Lipinski definition) is 6. The molecule has 2 atom stereocenters. The summed E-state index contributed by atoms with van der Waals surface area (Å²) in [6.45, 7) is 4.42. The molecule has 0 radical (unpaired) electrons. The summed E-state index contributed by atoms with van der Waals surface area (Å²) < 4.78 is 24.0. The number of nitrogens with zero attached hydrogens (tertiary/aromatic N) is 1. The Balaban J connectivity index is 1.19. The van der Waals surface area contributed by atoms with Gasteiger partial charge in [-0.05, 0) is 37.0 Å². The van der Waals surface area contributed by atoms with Crippen molar-refractivity contribution in [2.24, 2.45) is 0 Å². The summed E-state index contributed by atoms with van der Waals surface area (Å²) in [6.07, 6.45) is 3.76. The van der Waals surface area contributed by atoms with Gasteiger partial charge in [-0.15, -0.1) is 0 Å². The molecule has 1 N–H and O–H groups in total. The largest absolute Gasteiger partial charge is 0.490 e. The first-order valence-electron chi connectivity index (χ1n) is 11.9. The second-order valence-electron chi connectivity index (χ2n) is 9.05. The first kappa shape index (κ1) is 22.2. The molecule has 7 heteroatoms. The van der Waals surface area contributed by atoms with E-state index in [1.165, 1.54) is 0 Å². The predicted molar refractivity (Wildman–Crippen MR) is 125 cm³/mol. The maximum Gasteiger partial charge on any atom is 0.238 e. The van der Waals surface area contributed by atoms with E-state index in [9.17, 15) is 4.79 Å². The lowest BCUT2D eigenvalue weighted by Crippen LogP contribution is -2.57. The summed E-state index contributed by atoms with van der Waals surface area (Å²) >= 11 is 0. The van der Waals surface area contributed by atoms with Gasteiger partial charge >= 0.3 is 0 Å². The Morgan fingerprint density at radius 3 is 2.70 bits per heavy atom. The van der Waals surface area contributed by atoms with Crippen LogP contribution < -0.4 is 14.8 Å². The molecule has 3 aliphatic heterocycles. The fourth-order valence-electron chi connectivity index (χ4n) is 4.93. The highest BCUT2D eigenvalue weighted by Gasteiger charge is 2.47.